The molecule has 7 heteroatoms. The van der Waals surface area contributed by atoms with Crippen LogP contribution in [0.3, 0.4) is 0 Å². The van der Waals surface area contributed by atoms with Gasteiger partial charge < -0.3 is 20.1 Å². The van der Waals surface area contributed by atoms with Gasteiger partial charge >= 0.3 is 6.03 Å². The average Bonchev–Trinajstić information content (AvgIpc) is 3.30. The summed E-state index contributed by atoms with van der Waals surface area (Å²) in [4.78, 5) is 33.3. The van der Waals surface area contributed by atoms with E-state index in [0.29, 0.717) is 36.8 Å². The van der Waals surface area contributed by atoms with E-state index >= 15 is 0 Å². The van der Waals surface area contributed by atoms with Crippen LogP contribution in [0.4, 0.5) is 10.5 Å². The Bertz CT molecular complexity index is 1300. The topological polar surface area (TPSA) is 68.4 Å². The molecule has 0 radical (unpaired) electrons. The van der Waals surface area contributed by atoms with Gasteiger partial charge in [-0.1, -0.05) is 73.1 Å². The molecule has 6 nitrogen and oxygen atoms in total. The molecular weight excluding hydrogens is 472 g/mol. The number of nitrogens with zero attached hydrogens (tertiary/aromatic N) is 2. The van der Waals surface area contributed by atoms with Gasteiger partial charge in [-0.2, -0.15) is 0 Å². The van der Waals surface area contributed by atoms with Gasteiger partial charge in [0, 0.05) is 47.4 Å². The number of fused-ring (bicyclic) bond motifs is 1. The highest BCUT2D eigenvalue weighted by molar-refractivity contribution is 6.30. The molecule has 0 unspecified atom stereocenters. The predicted molar refractivity (Wildman–Crippen MR) is 146 cm³/mol. The SMILES string of the molecule is CCCN(CC(=O)N(CCc1c[nH]c2ccccc12)Cc1ccccc1)C(=O)Nc1cccc(Cl)c1. The molecule has 0 aliphatic carbocycles. The summed E-state index contributed by atoms with van der Waals surface area (Å²) in [5, 5.41) is 4.57. The molecule has 36 heavy (non-hydrogen) atoms. The Labute approximate surface area is 216 Å². The van der Waals surface area contributed by atoms with Crippen LogP contribution in [0.15, 0.2) is 85.1 Å². The zero-order chi connectivity index (χ0) is 25.3. The van der Waals surface area contributed by atoms with Crippen molar-refractivity contribution in [1.29, 1.82) is 0 Å². The molecule has 0 aliphatic heterocycles. The molecule has 0 atom stereocenters. The number of nitrogens with one attached hydrogen (secondary N) is 2. The number of halogens is 1. The van der Waals surface area contributed by atoms with E-state index < -0.39 is 0 Å². The summed E-state index contributed by atoms with van der Waals surface area (Å²) in [6.07, 6.45) is 3.47. The Morgan fingerprint density at radius 2 is 1.69 bits per heavy atom. The van der Waals surface area contributed by atoms with Crippen molar-refractivity contribution >= 4 is 40.1 Å². The second kappa shape index (κ2) is 12.3. The third kappa shape index (κ3) is 6.67. The van der Waals surface area contributed by atoms with E-state index in [1.807, 2.05) is 66.6 Å². The molecule has 0 saturated heterocycles. The first-order valence-corrected chi connectivity index (χ1v) is 12.6. The summed E-state index contributed by atoms with van der Waals surface area (Å²) in [7, 11) is 0. The quantitative estimate of drug-likeness (QED) is 0.266. The van der Waals surface area contributed by atoms with Gasteiger partial charge in [0.05, 0.1) is 0 Å². The number of aromatic amines is 1. The van der Waals surface area contributed by atoms with E-state index in [9.17, 15) is 9.59 Å². The van der Waals surface area contributed by atoms with Gasteiger partial charge in [0.1, 0.15) is 6.54 Å². The fraction of sp³-hybridized carbons (Fsp3) is 0.241. The number of amides is 3. The highest BCUT2D eigenvalue weighted by Gasteiger charge is 2.22. The van der Waals surface area contributed by atoms with Gasteiger partial charge in [-0.3, -0.25) is 4.79 Å². The number of hydrogen-bond acceptors (Lipinski definition) is 2. The van der Waals surface area contributed by atoms with Crippen LogP contribution in [0.25, 0.3) is 10.9 Å². The van der Waals surface area contributed by atoms with Crippen molar-refractivity contribution in [3.63, 3.8) is 0 Å². The monoisotopic (exact) mass is 502 g/mol. The number of carbonyl (C=O) groups excluding carboxylic acids is 2. The predicted octanol–water partition coefficient (Wildman–Crippen LogP) is 6.34. The van der Waals surface area contributed by atoms with Crippen LogP contribution in [0.1, 0.15) is 24.5 Å². The van der Waals surface area contributed by atoms with Crippen molar-refractivity contribution < 1.29 is 9.59 Å². The normalized spacial score (nSPS) is 10.8. The number of hydrogen-bond donors (Lipinski definition) is 2. The highest BCUT2D eigenvalue weighted by Crippen LogP contribution is 2.19. The van der Waals surface area contributed by atoms with Crippen molar-refractivity contribution in [1.82, 2.24) is 14.8 Å². The molecule has 2 N–H and O–H groups in total. The molecule has 4 aromatic rings. The number of rotatable bonds is 10. The van der Waals surface area contributed by atoms with Gasteiger partial charge in [-0.15, -0.1) is 0 Å². The first-order valence-electron chi connectivity index (χ1n) is 12.2. The summed E-state index contributed by atoms with van der Waals surface area (Å²) >= 11 is 6.06. The number of carbonyl (C=O) groups is 2. The fourth-order valence-electron chi connectivity index (χ4n) is 4.24. The molecule has 3 aromatic carbocycles. The summed E-state index contributed by atoms with van der Waals surface area (Å²) in [5.41, 5.74) is 3.90. The van der Waals surface area contributed by atoms with Gasteiger partial charge in [0.2, 0.25) is 5.91 Å². The zero-order valence-electron chi connectivity index (χ0n) is 20.4. The lowest BCUT2D eigenvalue weighted by atomic mass is 10.1. The molecule has 0 aliphatic rings. The van der Waals surface area contributed by atoms with Crippen molar-refractivity contribution in [2.75, 3.05) is 25.0 Å². The minimum absolute atomic E-state index is 0.000950. The van der Waals surface area contributed by atoms with Crippen LogP contribution in [-0.2, 0) is 17.8 Å². The Morgan fingerprint density at radius 3 is 2.47 bits per heavy atom. The van der Waals surface area contributed by atoms with Crippen LogP contribution in [0, 0.1) is 0 Å². The van der Waals surface area contributed by atoms with Crippen molar-refractivity contribution in [3.8, 4) is 0 Å². The number of anilines is 1. The third-order valence-corrected chi connectivity index (χ3v) is 6.31. The Balaban J connectivity index is 1.48. The Hall–Kier alpha value is -3.77. The molecule has 0 fully saturated rings. The van der Waals surface area contributed by atoms with Crippen LogP contribution < -0.4 is 5.32 Å². The summed E-state index contributed by atoms with van der Waals surface area (Å²) in [6, 6.07) is 24.8. The molecule has 1 aromatic heterocycles. The van der Waals surface area contributed by atoms with Crippen molar-refractivity contribution in [3.05, 3.63) is 101 Å². The fourth-order valence-corrected chi connectivity index (χ4v) is 4.43. The molecule has 1 heterocycles. The highest BCUT2D eigenvalue weighted by atomic mass is 35.5. The smallest absolute Gasteiger partial charge is 0.322 e. The molecule has 0 bridgehead atoms. The molecule has 4 rings (SSSR count). The van der Waals surface area contributed by atoms with E-state index in [1.54, 1.807) is 29.2 Å². The summed E-state index contributed by atoms with van der Waals surface area (Å²) in [6.45, 7) is 3.49. The van der Waals surface area contributed by atoms with E-state index in [0.717, 1.165) is 22.9 Å². The van der Waals surface area contributed by atoms with Gasteiger partial charge in [-0.25, -0.2) is 4.79 Å². The van der Waals surface area contributed by atoms with Gasteiger partial charge in [0.25, 0.3) is 0 Å². The minimum atomic E-state index is -0.316. The maximum Gasteiger partial charge on any atom is 0.322 e. The zero-order valence-corrected chi connectivity index (χ0v) is 21.2. The number of aromatic nitrogens is 1. The van der Waals surface area contributed by atoms with E-state index in [4.69, 9.17) is 11.6 Å². The number of urea groups is 1. The molecule has 0 spiro atoms. The first-order chi connectivity index (χ1) is 17.5. The van der Waals surface area contributed by atoms with E-state index in [-0.39, 0.29) is 18.5 Å². The summed E-state index contributed by atoms with van der Waals surface area (Å²) < 4.78 is 0. The van der Waals surface area contributed by atoms with Gasteiger partial charge in [0.15, 0.2) is 0 Å². The molecule has 186 valence electrons. The lowest BCUT2D eigenvalue weighted by Crippen LogP contribution is -2.45. The largest absolute Gasteiger partial charge is 0.361 e. The maximum absolute atomic E-state index is 13.5. The Morgan fingerprint density at radius 1 is 0.917 bits per heavy atom. The maximum atomic E-state index is 13.5. The van der Waals surface area contributed by atoms with E-state index in [2.05, 4.69) is 16.4 Å². The van der Waals surface area contributed by atoms with Crippen molar-refractivity contribution in [2.24, 2.45) is 0 Å². The summed E-state index contributed by atoms with van der Waals surface area (Å²) in [5.74, 6) is -0.0895. The average molecular weight is 503 g/mol. The second-order valence-corrected chi connectivity index (χ2v) is 9.21. The number of H-pyrrole nitrogens is 1. The third-order valence-electron chi connectivity index (χ3n) is 6.08. The lowest BCUT2D eigenvalue weighted by molar-refractivity contribution is -0.132. The van der Waals surface area contributed by atoms with Crippen LogP contribution in [0.2, 0.25) is 5.02 Å². The standard InChI is InChI=1S/C29H31ClN4O2/c1-2-16-34(29(36)32-25-12-8-11-24(30)18-25)21-28(35)33(20-22-9-4-3-5-10-22)17-15-23-19-31-27-14-7-6-13-26(23)27/h3-14,18-19,31H,2,15-17,20-21H2,1H3,(H,32,36). The van der Waals surface area contributed by atoms with Gasteiger partial charge in [-0.05, 0) is 48.2 Å². The van der Waals surface area contributed by atoms with Crippen molar-refractivity contribution in [2.45, 2.75) is 26.3 Å². The van der Waals surface area contributed by atoms with Crippen LogP contribution in [0.5, 0.6) is 0 Å². The molecule has 3 amide bonds. The molecule has 0 saturated carbocycles. The van der Waals surface area contributed by atoms with Crippen LogP contribution in [-0.4, -0.2) is 46.4 Å². The second-order valence-electron chi connectivity index (χ2n) is 8.77. The number of para-hydroxylation sites is 1. The molecular formula is C29H31ClN4O2. The Kier molecular flexibility index (Phi) is 8.63. The van der Waals surface area contributed by atoms with Crippen LogP contribution >= 0.6 is 11.6 Å². The number of benzene rings is 3. The lowest BCUT2D eigenvalue weighted by Gasteiger charge is -2.28. The first kappa shape index (κ1) is 25.3. The minimum Gasteiger partial charge on any atom is -0.361 e. The van der Waals surface area contributed by atoms with E-state index in [1.165, 1.54) is 5.56 Å².